The summed E-state index contributed by atoms with van der Waals surface area (Å²) in [4.78, 5) is 14.1. The number of nitrogens with zero attached hydrogens (tertiary/aromatic N) is 2. The van der Waals surface area contributed by atoms with E-state index in [4.69, 9.17) is 4.74 Å². The molecule has 0 radical (unpaired) electrons. The van der Waals surface area contributed by atoms with E-state index in [2.05, 4.69) is 0 Å². The number of ether oxygens (including phenoxy) is 1. The van der Waals surface area contributed by atoms with Crippen LogP contribution in [-0.2, 0) is 14.8 Å². The average Bonchev–Trinajstić information content (AvgIpc) is 2.60. The van der Waals surface area contributed by atoms with Crippen LogP contribution in [0, 0.1) is 5.92 Å². The second-order valence-electron chi connectivity index (χ2n) is 6.94. The van der Waals surface area contributed by atoms with E-state index in [1.165, 1.54) is 4.31 Å². The first-order valence-electron chi connectivity index (χ1n) is 8.65. The van der Waals surface area contributed by atoms with Gasteiger partial charge in [0.05, 0.1) is 12.0 Å². The van der Waals surface area contributed by atoms with Gasteiger partial charge in [0.2, 0.25) is 15.9 Å². The molecule has 1 aromatic rings. The molecule has 1 aromatic carbocycles. The predicted molar refractivity (Wildman–Crippen MR) is 97.3 cm³/mol. The Morgan fingerprint density at radius 1 is 1.08 bits per heavy atom. The second kappa shape index (κ2) is 7.74. The zero-order chi connectivity index (χ0) is 18.8. The van der Waals surface area contributed by atoms with Crippen LogP contribution in [0.3, 0.4) is 0 Å². The number of hydrogen-bond acceptors (Lipinski definition) is 4. The topological polar surface area (TPSA) is 66.9 Å². The van der Waals surface area contributed by atoms with E-state index >= 15 is 0 Å². The largest absolute Gasteiger partial charge is 0.496 e. The normalized spacial score (nSPS) is 16.5. The van der Waals surface area contributed by atoms with Crippen LogP contribution in [0.5, 0.6) is 5.75 Å². The fourth-order valence-corrected chi connectivity index (χ4v) is 4.45. The molecule has 0 spiro atoms. The van der Waals surface area contributed by atoms with Gasteiger partial charge in [0, 0.05) is 32.1 Å². The summed E-state index contributed by atoms with van der Waals surface area (Å²) in [5.74, 6) is 0.855. The van der Waals surface area contributed by atoms with Gasteiger partial charge in [-0.2, -0.15) is 4.31 Å². The van der Waals surface area contributed by atoms with Crippen molar-refractivity contribution in [2.45, 2.75) is 38.5 Å². The van der Waals surface area contributed by atoms with Crippen LogP contribution in [0.15, 0.2) is 23.1 Å². The van der Waals surface area contributed by atoms with Crippen molar-refractivity contribution in [2.24, 2.45) is 5.92 Å². The maximum Gasteiger partial charge on any atom is 0.243 e. The number of methoxy groups -OCH3 is 1. The lowest BCUT2D eigenvalue weighted by Crippen LogP contribution is -2.51. The fourth-order valence-electron chi connectivity index (χ4n) is 2.99. The quantitative estimate of drug-likeness (QED) is 0.800. The zero-order valence-electron chi connectivity index (χ0n) is 15.7. The van der Waals surface area contributed by atoms with E-state index in [0.717, 1.165) is 5.56 Å². The highest BCUT2D eigenvalue weighted by Crippen LogP contribution is 2.30. The van der Waals surface area contributed by atoms with Crippen molar-refractivity contribution in [3.05, 3.63) is 23.8 Å². The number of carbonyl (C=O) groups is 1. The highest BCUT2D eigenvalue weighted by Gasteiger charge is 2.31. The van der Waals surface area contributed by atoms with Gasteiger partial charge in [0.25, 0.3) is 0 Å². The first kappa shape index (κ1) is 19.7. The Kier molecular flexibility index (Phi) is 6.11. The molecule has 1 fully saturated rings. The number of rotatable bonds is 5. The van der Waals surface area contributed by atoms with Gasteiger partial charge in [0.1, 0.15) is 5.75 Å². The minimum atomic E-state index is -3.57. The third-order valence-corrected chi connectivity index (χ3v) is 6.40. The van der Waals surface area contributed by atoms with Crippen molar-refractivity contribution in [3.63, 3.8) is 0 Å². The first-order valence-corrected chi connectivity index (χ1v) is 10.1. The van der Waals surface area contributed by atoms with Crippen molar-refractivity contribution in [1.29, 1.82) is 0 Å². The lowest BCUT2D eigenvalue weighted by molar-refractivity contribution is -0.135. The van der Waals surface area contributed by atoms with Gasteiger partial charge >= 0.3 is 0 Å². The minimum absolute atomic E-state index is 0.0710. The Labute approximate surface area is 150 Å². The maximum absolute atomic E-state index is 13.0. The van der Waals surface area contributed by atoms with Gasteiger partial charge in [-0.3, -0.25) is 4.79 Å². The Balaban J connectivity index is 2.20. The summed E-state index contributed by atoms with van der Waals surface area (Å²) in [5.41, 5.74) is 0.872. The summed E-state index contributed by atoms with van der Waals surface area (Å²) in [7, 11) is -1.99. The summed E-state index contributed by atoms with van der Waals surface area (Å²) in [6, 6.07) is 5.00. The van der Waals surface area contributed by atoms with Gasteiger partial charge < -0.3 is 9.64 Å². The summed E-state index contributed by atoms with van der Waals surface area (Å²) >= 11 is 0. The fraction of sp³-hybridized carbons (Fsp3) is 0.611. The molecule has 0 N–H and O–H groups in total. The molecule has 0 aromatic heterocycles. The Hall–Kier alpha value is -1.60. The van der Waals surface area contributed by atoms with E-state index in [-0.39, 0.29) is 22.6 Å². The SMILES string of the molecule is COc1ccc(S(=O)(=O)N2CCN(C(=O)C(C)C)CC2)cc1C(C)C. The van der Waals surface area contributed by atoms with Gasteiger partial charge in [-0.1, -0.05) is 27.7 Å². The second-order valence-corrected chi connectivity index (χ2v) is 8.88. The maximum atomic E-state index is 13.0. The van der Waals surface area contributed by atoms with Crippen molar-refractivity contribution < 1.29 is 17.9 Å². The molecule has 0 saturated carbocycles. The summed E-state index contributed by atoms with van der Waals surface area (Å²) in [5, 5.41) is 0. The van der Waals surface area contributed by atoms with E-state index in [1.807, 2.05) is 27.7 Å². The molecule has 1 saturated heterocycles. The number of carbonyl (C=O) groups excluding carboxylic acids is 1. The predicted octanol–water partition coefficient (Wildman–Crippen LogP) is 2.31. The van der Waals surface area contributed by atoms with E-state index in [1.54, 1.807) is 30.2 Å². The van der Waals surface area contributed by atoms with E-state index < -0.39 is 10.0 Å². The number of hydrogen-bond donors (Lipinski definition) is 0. The molecule has 1 heterocycles. The van der Waals surface area contributed by atoms with Crippen LogP contribution in [0.2, 0.25) is 0 Å². The van der Waals surface area contributed by atoms with Crippen molar-refractivity contribution >= 4 is 15.9 Å². The van der Waals surface area contributed by atoms with Crippen molar-refractivity contribution in [2.75, 3.05) is 33.3 Å². The van der Waals surface area contributed by atoms with Crippen molar-refractivity contribution in [3.8, 4) is 5.75 Å². The molecule has 0 unspecified atom stereocenters. The highest BCUT2D eigenvalue weighted by atomic mass is 32.2. The van der Waals surface area contributed by atoms with Gasteiger partial charge in [-0.25, -0.2) is 8.42 Å². The van der Waals surface area contributed by atoms with Crippen LogP contribution < -0.4 is 4.74 Å². The molecular weight excluding hydrogens is 340 g/mol. The summed E-state index contributed by atoms with van der Waals surface area (Å²) < 4.78 is 32.7. The van der Waals surface area contributed by atoms with Crippen LogP contribution in [0.25, 0.3) is 0 Å². The number of piperazine rings is 1. The number of amides is 1. The Bertz CT molecular complexity index is 721. The lowest BCUT2D eigenvalue weighted by Gasteiger charge is -2.35. The molecule has 140 valence electrons. The molecule has 2 rings (SSSR count). The Morgan fingerprint density at radius 3 is 2.16 bits per heavy atom. The first-order chi connectivity index (χ1) is 11.7. The molecule has 0 bridgehead atoms. The average molecular weight is 368 g/mol. The smallest absolute Gasteiger partial charge is 0.243 e. The summed E-state index contributed by atoms with van der Waals surface area (Å²) in [6.45, 7) is 9.24. The lowest BCUT2D eigenvalue weighted by atomic mass is 10.0. The molecular formula is C18H28N2O4S. The van der Waals surface area contributed by atoms with E-state index in [0.29, 0.717) is 31.9 Å². The molecule has 1 aliphatic heterocycles. The van der Waals surface area contributed by atoms with Crippen LogP contribution in [0.4, 0.5) is 0 Å². The van der Waals surface area contributed by atoms with Gasteiger partial charge in [-0.05, 0) is 29.7 Å². The molecule has 25 heavy (non-hydrogen) atoms. The third kappa shape index (κ3) is 4.15. The van der Waals surface area contributed by atoms with Gasteiger partial charge in [-0.15, -0.1) is 0 Å². The number of sulfonamides is 1. The van der Waals surface area contributed by atoms with Crippen LogP contribution in [0.1, 0.15) is 39.2 Å². The number of benzene rings is 1. The molecule has 1 amide bonds. The summed E-state index contributed by atoms with van der Waals surface area (Å²) in [6.07, 6.45) is 0. The standard InChI is InChI=1S/C18H28N2O4S/c1-13(2)16-12-15(6-7-17(16)24-5)25(22,23)20-10-8-19(9-11-20)18(21)14(3)4/h6-7,12-14H,8-11H2,1-5H3. The zero-order valence-corrected chi connectivity index (χ0v) is 16.5. The molecule has 0 atom stereocenters. The van der Waals surface area contributed by atoms with Crippen LogP contribution in [-0.4, -0.2) is 56.8 Å². The molecule has 0 aliphatic carbocycles. The van der Waals surface area contributed by atoms with Gasteiger partial charge in [0.15, 0.2) is 0 Å². The minimum Gasteiger partial charge on any atom is -0.496 e. The molecule has 6 nitrogen and oxygen atoms in total. The highest BCUT2D eigenvalue weighted by molar-refractivity contribution is 7.89. The Morgan fingerprint density at radius 2 is 1.68 bits per heavy atom. The van der Waals surface area contributed by atoms with E-state index in [9.17, 15) is 13.2 Å². The monoisotopic (exact) mass is 368 g/mol. The third-order valence-electron chi connectivity index (χ3n) is 4.51. The van der Waals surface area contributed by atoms with Crippen molar-refractivity contribution in [1.82, 2.24) is 9.21 Å². The van der Waals surface area contributed by atoms with Crippen LogP contribution >= 0.6 is 0 Å². The molecule has 7 heteroatoms. The molecule has 1 aliphatic rings.